The maximum absolute atomic E-state index is 12.6. The first-order chi connectivity index (χ1) is 13.8. The Bertz CT molecular complexity index is 1200. The predicted octanol–water partition coefficient (Wildman–Crippen LogP) is 4.29. The Labute approximate surface area is 178 Å². The third-order valence-corrected chi connectivity index (χ3v) is 7.35. The number of hydrogen-bond donors (Lipinski definition) is 3. The molecule has 8 nitrogen and oxygen atoms in total. The second-order valence-electron chi connectivity index (χ2n) is 5.64. The zero-order valence-corrected chi connectivity index (χ0v) is 17.8. The van der Waals surface area contributed by atoms with E-state index in [0.717, 1.165) is 15.3 Å². The number of hydrogen-bond acceptors (Lipinski definition) is 5. The van der Waals surface area contributed by atoms with Crippen molar-refractivity contribution in [3.63, 3.8) is 0 Å². The minimum atomic E-state index is -3.69. The van der Waals surface area contributed by atoms with E-state index in [0.29, 0.717) is 15.0 Å². The maximum atomic E-state index is 12.6. The summed E-state index contributed by atoms with van der Waals surface area (Å²) in [5.74, 6) is -0.498. The standard InChI is InChI=1S/C18H14BrN3O5S2/c19-15-6-8-17(28-15)29(26,27)22-10-9-12(11-22)5-7-16(23)20-13-3-1-2-4-14(13)21-18(24)25/h1-11,21H,(H,20,23)(H,24,25)/b7-5+. The van der Waals surface area contributed by atoms with Crippen molar-refractivity contribution >= 4 is 66.7 Å². The number of benzene rings is 1. The van der Waals surface area contributed by atoms with Gasteiger partial charge in [0.15, 0.2) is 0 Å². The number of nitrogens with one attached hydrogen (secondary N) is 2. The molecular weight excluding hydrogens is 482 g/mol. The van der Waals surface area contributed by atoms with Crippen LogP contribution in [0.15, 0.2) is 68.9 Å². The number of thiophene rings is 1. The number of carboxylic acid groups (broad SMARTS) is 1. The Hall–Kier alpha value is -2.89. The van der Waals surface area contributed by atoms with Crippen molar-refractivity contribution in [1.29, 1.82) is 0 Å². The number of para-hydroxylation sites is 2. The number of aromatic nitrogens is 1. The van der Waals surface area contributed by atoms with Gasteiger partial charge in [-0.15, -0.1) is 11.3 Å². The summed E-state index contributed by atoms with van der Waals surface area (Å²) in [6, 6.07) is 11.1. The lowest BCUT2D eigenvalue weighted by molar-refractivity contribution is -0.111. The molecule has 1 aromatic carbocycles. The molecule has 0 radical (unpaired) electrons. The molecule has 0 unspecified atom stereocenters. The summed E-state index contributed by atoms with van der Waals surface area (Å²) in [7, 11) is -3.69. The summed E-state index contributed by atoms with van der Waals surface area (Å²) in [6.45, 7) is 0. The molecule has 3 aromatic rings. The van der Waals surface area contributed by atoms with Crippen LogP contribution in [0.3, 0.4) is 0 Å². The van der Waals surface area contributed by atoms with Gasteiger partial charge >= 0.3 is 6.09 Å². The first-order valence-electron chi connectivity index (χ1n) is 8.02. The number of rotatable bonds is 6. The monoisotopic (exact) mass is 495 g/mol. The van der Waals surface area contributed by atoms with Crippen LogP contribution < -0.4 is 10.6 Å². The zero-order chi connectivity index (χ0) is 21.0. The van der Waals surface area contributed by atoms with Crippen LogP contribution in [0.5, 0.6) is 0 Å². The van der Waals surface area contributed by atoms with Crippen molar-refractivity contribution in [2.45, 2.75) is 4.21 Å². The molecule has 150 valence electrons. The quantitative estimate of drug-likeness (QED) is 0.440. The maximum Gasteiger partial charge on any atom is 0.409 e. The number of carbonyl (C=O) groups is 2. The van der Waals surface area contributed by atoms with Gasteiger partial charge in [0.05, 0.1) is 15.2 Å². The summed E-state index contributed by atoms with van der Waals surface area (Å²) in [5, 5.41) is 13.6. The molecule has 0 fully saturated rings. The molecule has 0 saturated carbocycles. The molecule has 0 atom stereocenters. The predicted molar refractivity (Wildman–Crippen MR) is 115 cm³/mol. The third kappa shape index (κ3) is 5.13. The van der Waals surface area contributed by atoms with Gasteiger partial charge in [-0.1, -0.05) is 12.1 Å². The van der Waals surface area contributed by atoms with Crippen LogP contribution in [0, 0.1) is 0 Å². The molecule has 0 aliphatic heterocycles. The van der Waals surface area contributed by atoms with Crippen molar-refractivity contribution in [1.82, 2.24) is 3.97 Å². The number of halogens is 1. The molecule has 0 bridgehead atoms. The molecule has 2 heterocycles. The lowest BCUT2D eigenvalue weighted by Crippen LogP contribution is -2.13. The van der Waals surface area contributed by atoms with Gasteiger partial charge in [-0.05, 0) is 57.9 Å². The molecule has 11 heteroatoms. The van der Waals surface area contributed by atoms with Crippen molar-refractivity contribution in [3.05, 3.63) is 70.3 Å². The molecule has 0 spiro atoms. The van der Waals surface area contributed by atoms with Gasteiger partial charge in [0.2, 0.25) is 5.91 Å². The zero-order valence-electron chi connectivity index (χ0n) is 14.6. The highest BCUT2D eigenvalue weighted by atomic mass is 79.9. The fourth-order valence-electron chi connectivity index (χ4n) is 2.34. The molecule has 3 N–H and O–H groups in total. The summed E-state index contributed by atoms with van der Waals surface area (Å²) >= 11 is 4.34. The molecule has 2 amide bonds. The normalized spacial score (nSPS) is 11.5. The highest BCUT2D eigenvalue weighted by Gasteiger charge is 2.18. The average molecular weight is 496 g/mol. The minimum absolute atomic E-state index is 0.191. The summed E-state index contributed by atoms with van der Waals surface area (Å²) < 4.78 is 27.1. The van der Waals surface area contributed by atoms with E-state index in [9.17, 15) is 18.0 Å². The second-order valence-corrected chi connectivity index (χ2v) is 10.2. The van der Waals surface area contributed by atoms with Crippen molar-refractivity contribution < 1.29 is 23.1 Å². The van der Waals surface area contributed by atoms with Gasteiger partial charge in [0.25, 0.3) is 10.0 Å². The van der Waals surface area contributed by atoms with Gasteiger partial charge < -0.3 is 10.4 Å². The first kappa shape index (κ1) is 20.8. The Morgan fingerprint density at radius 3 is 2.38 bits per heavy atom. The number of amides is 2. The third-order valence-electron chi connectivity index (χ3n) is 3.62. The SMILES string of the molecule is O=C(O)Nc1ccccc1NC(=O)/C=C/c1ccn(S(=O)(=O)c2ccc(Br)s2)c1. The smallest absolute Gasteiger partial charge is 0.409 e. The van der Waals surface area contributed by atoms with Crippen LogP contribution in [-0.2, 0) is 14.8 Å². The van der Waals surface area contributed by atoms with Gasteiger partial charge in [-0.2, -0.15) is 8.42 Å². The van der Waals surface area contributed by atoms with E-state index in [2.05, 4.69) is 26.6 Å². The molecular formula is C18H14BrN3O5S2. The number of carbonyl (C=O) groups excluding carboxylic acids is 1. The lowest BCUT2D eigenvalue weighted by Gasteiger charge is -2.08. The molecule has 3 rings (SSSR count). The molecule has 29 heavy (non-hydrogen) atoms. The van der Waals surface area contributed by atoms with E-state index >= 15 is 0 Å². The van der Waals surface area contributed by atoms with Crippen molar-refractivity contribution in [3.8, 4) is 0 Å². The highest BCUT2D eigenvalue weighted by molar-refractivity contribution is 9.11. The van der Waals surface area contributed by atoms with Gasteiger partial charge in [-0.3, -0.25) is 10.1 Å². The molecule has 0 aliphatic rings. The van der Waals surface area contributed by atoms with Crippen molar-refractivity contribution in [2.24, 2.45) is 0 Å². The van der Waals surface area contributed by atoms with Crippen molar-refractivity contribution in [2.75, 3.05) is 10.6 Å². The van der Waals surface area contributed by atoms with Crippen LogP contribution >= 0.6 is 27.3 Å². The van der Waals surface area contributed by atoms with Crippen LogP contribution in [0.4, 0.5) is 16.2 Å². The van der Waals surface area contributed by atoms with E-state index < -0.39 is 22.0 Å². The average Bonchev–Trinajstić information content (AvgIpc) is 3.31. The minimum Gasteiger partial charge on any atom is -0.465 e. The summed E-state index contributed by atoms with van der Waals surface area (Å²) in [4.78, 5) is 23.0. The highest BCUT2D eigenvalue weighted by Crippen LogP contribution is 2.28. The second kappa shape index (κ2) is 8.64. The Morgan fingerprint density at radius 2 is 1.76 bits per heavy atom. The first-order valence-corrected chi connectivity index (χ1v) is 11.1. The van der Waals surface area contributed by atoms with Crippen LogP contribution in [0.1, 0.15) is 5.56 Å². The van der Waals surface area contributed by atoms with E-state index in [-0.39, 0.29) is 9.90 Å². The summed E-state index contributed by atoms with van der Waals surface area (Å²) in [6.07, 6.45) is 4.23. The van der Waals surface area contributed by atoms with E-state index in [1.165, 1.54) is 36.7 Å². The topological polar surface area (TPSA) is 118 Å². The molecule has 0 aliphatic carbocycles. The number of nitrogens with zero attached hydrogens (tertiary/aromatic N) is 1. The molecule has 0 saturated heterocycles. The van der Waals surface area contributed by atoms with Crippen LogP contribution in [-0.4, -0.2) is 29.5 Å². The van der Waals surface area contributed by atoms with Gasteiger partial charge in [0, 0.05) is 18.5 Å². The Morgan fingerprint density at radius 1 is 1.07 bits per heavy atom. The Balaban J connectivity index is 1.72. The molecule has 2 aromatic heterocycles. The fourth-order valence-corrected chi connectivity index (χ4v) is 5.66. The largest absolute Gasteiger partial charge is 0.465 e. The lowest BCUT2D eigenvalue weighted by atomic mass is 10.2. The van der Waals surface area contributed by atoms with Gasteiger partial charge in [0.1, 0.15) is 4.21 Å². The van der Waals surface area contributed by atoms with Gasteiger partial charge in [-0.25, -0.2) is 8.77 Å². The Kier molecular flexibility index (Phi) is 6.20. The number of anilines is 2. The van der Waals surface area contributed by atoms with E-state index in [1.54, 1.807) is 30.3 Å². The van der Waals surface area contributed by atoms with E-state index in [4.69, 9.17) is 5.11 Å². The summed E-state index contributed by atoms with van der Waals surface area (Å²) in [5.41, 5.74) is 1.05. The van der Waals surface area contributed by atoms with Crippen LogP contribution in [0.2, 0.25) is 0 Å². The van der Waals surface area contributed by atoms with Crippen LogP contribution in [0.25, 0.3) is 6.08 Å². The fraction of sp³-hybridized carbons (Fsp3) is 0. The van der Waals surface area contributed by atoms with E-state index in [1.807, 2.05) is 0 Å².